The number of carbonyl (C=O) groups excluding carboxylic acids is 1. The average Bonchev–Trinajstić information content (AvgIpc) is 2.52. The Kier molecular flexibility index (Phi) is 4.89. The van der Waals surface area contributed by atoms with E-state index >= 15 is 0 Å². The van der Waals surface area contributed by atoms with Crippen LogP contribution >= 0.6 is 0 Å². The number of nitrogens with zero attached hydrogens (tertiary/aromatic N) is 1. The SMILES string of the molecule is COc1cccc(C(=O)NN=CCc2ccccc2)c1. The number of hydrazone groups is 1. The zero-order chi connectivity index (χ0) is 14.2. The van der Waals surface area contributed by atoms with E-state index in [1.165, 1.54) is 0 Å². The maximum atomic E-state index is 11.8. The number of rotatable bonds is 5. The molecule has 0 aliphatic heterocycles. The number of carbonyl (C=O) groups is 1. The fraction of sp³-hybridized carbons (Fsp3) is 0.125. The quantitative estimate of drug-likeness (QED) is 0.669. The largest absolute Gasteiger partial charge is 0.497 e. The minimum absolute atomic E-state index is 0.256. The Balaban J connectivity index is 1.88. The Morgan fingerprint density at radius 3 is 2.75 bits per heavy atom. The monoisotopic (exact) mass is 268 g/mol. The summed E-state index contributed by atoms with van der Waals surface area (Å²) in [4.78, 5) is 11.8. The predicted molar refractivity (Wildman–Crippen MR) is 79.1 cm³/mol. The van der Waals surface area contributed by atoms with Gasteiger partial charge in [0.2, 0.25) is 0 Å². The zero-order valence-corrected chi connectivity index (χ0v) is 11.2. The van der Waals surface area contributed by atoms with Gasteiger partial charge in [0.1, 0.15) is 5.75 Å². The van der Waals surface area contributed by atoms with E-state index in [0.717, 1.165) is 5.56 Å². The fourth-order valence-corrected chi connectivity index (χ4v) is 1.70. The first-order chi connectivity index (χ1) is 9.79. The average molecular weight is 268 g/mol. The summed E-state index contributed by atoms with van der Waals surface area (Å²) in [7, 11) is 1.56. The third-order valence-electron chi connectivity index (χ3n) is 2.76. The number of ether oxygens (including phenoxy) is 1. The van der Waals surface area contributed by atoms with Gasteiger partial charge < -0.3 is 4.74 Å². The maximum Gasteiger partial charge on any atom is 0.271 e. The van der Waals surface area contributed by atoms with Crippen molar-refractivity contribution >= 4 is 12.1 Å². The number of amides is 1. The molecule has 1 amide bonds. The number of benzene rings is 2. The second kappa shape index (κ2) is 7.09. The number of hydrogen-bond acceptors (Lipinski definition) is 3. The van der Waals surface area contributed by atoms with Gasteiger partial charge in [0.15, 0.2) is 0 Å². The van der Waals surface area contributed by atoms with Crippen molar-refractivity contribution in [3.63, 3.8) is 0 Å². The van der Waals surface area contributed by atoms with Crippen LogP contribution in [-0.2, 0) is 6.42 Å². The molecule has 0 spiro atoms. The summed E-state index contributed by atoms with van der Waals surface area (Å²) in [5, 5.41) is 3.93. The highest BCUT2D eigenvalue weighted by molar-refractivity contribution is 5.94. The molecule has 0 aliphatic carbocycles. The summed E-state index contributed by atoms with van der Waals surface area (Å²) in [6.45, 7) is 0. The molecule has 20 heavy (non-hydrogen) atoms. The van der Waals surface area contributed by atoms with Crippen molar-refractivity contribution in [3.8, 4) is 5.75 Å². The Bertz CT molecular complexity index is 594. The molecule has 2 aromatic carbocycles. The fourth-order valence-electron chi connectivity index (χ4n) is 1.70. The highest BCUT2D eigenvalue weighted by Gasteiger charge is 2.04. The highest BCUT2D eigenvalue weighted by atomic mass is 16.5. The van der Waals surface area contributed by atoms with Gasteiger partial charge in [-0.25, -0.2) is 5.43 Å². The molecule has 1 N–H and O–H groups in total. The molecule has 0 unspecified atom stereocenters. The van der Waals surface area contributed by atoms with E-state index in [0.29, 0.717) is 17.7 Å². The predicted octanol–water partition coefficient (Wildman–Crippen LogP) is 2.65. The smallest absolute Gasteiger partial charge is 0.271 e. The van der Waals surface area contributed by atoms with E-state index < -0.39 is 0 Å². The van der Waals surface area contributed by atoms with Gasteiger partial charge in [-0.3, -0.25) is 4.79 Å². The standard InChI is InChI=1S/C16H16N2O2/c1-20-15-9-5-8-14(12-15)16(19)18-17-11-10-13-6-3-2-4-7-13/h2-9,11-12H,10H2,1H3,(H,18,19). The highest BCUT2D eigenvalue weighted by Crippen LogP contribution is 2.12. The first-order valence-corrected chi connectivity index (χ1v) is 6.29. The Hall–Kier alpha value is -2.62. The topological polar surface area (TPSA) is 50.7 Å². The number of hydrogen-bond donors (Lipinski definition) is 1. The lowest BCUT2D eigenvalue weighted by atomic mass is 10.2. The molecule has 0 fully saturated rings. The summed E-state index contributed by atoms with van der Waals surface area (Å²) >= 11 is 0. The van der Waals surface area contributed by atoms with Gasteiger partial charge in [-0.05, 0) is 23.8 Å². The van der Waals surface area contributed by atoms with Crippen LogP contribution in [0, 0.1) is 0 Å². The molecular formula is C16H16N2O2. The molecule has 0 heterocycles. The van der Waals surface area contributed by atoms with Gasteiger partial charge in [0.05, 0.1) is 7.11 Å². The number of methoxy groups -OCH3 is 1. The molecule has 4 nitrogen and oxygen atoms in total. The second-order valence-corrected chi connectivity index (χ2v) is 4.17. The molecule has 2 rings (SSSR count). The Morgan fingerprint density at radius 1 is 1.20 bits per heavy atom. The van der Waals surface area contributed by atoms with Crippen LogP contribution < -0.4 is 10.2 Å². The van der Waals surface area contributed by atoms with Crippen molar-refractivity contribution in [1.82, 2.24) is 5.43 Å². The van der Waals surface area contributed by atoms with E-state index in [1.54, 1.807) is 37.6 Å². The molecule has 4 heteroatoms. The van der Waals surface area contributed by atoms with E-state index in [9.17, 15) is 4.79 Å². The van der Waals surface area contributed by atoms with Crippen LogP contribution in [0.1, 0.15) is 15.9 Å². The van der Waals surface area contributed by atoms with Gasteiger partial charge in [-0.1, -0.05) is 36.4 Å². The van der Waals surface area contributed by atoms with Crippen molar-refractivity contribution < 1.29 is 9.53 Å². The molecule has 0 atom stereocenters. The Labute approximate surface area is 118 Å². The summed E-state index contributed by atoms with van der Waals surface area (Å²) in [5.41, 5.74) is 4.16. The molecular weight excluding hydrogens is 252 g/mol. The van der Waals surface area contributed by atoms with E-state index in [4.69, 9.17) is 4.74 Å². The van der Waals surface area contributed by atoms with E-state index in [2.05, 4.69) is 10.5 Å². The lowest BCUT2D eigenvalue weighted by Crippen LogP contribution is -2.17. The van der Waals surface area contributed by atoms with Crippen molar-refractivity contribution in [2.75, 3.05) is 7.11 Å². The zero-order valence-electron chi connectivity index (χ0n) is 11.2. The maximum absolute atomic E-state index is 11.8. The minimum atomic E-state index is -0.256. The molecule has 0 saturated carbocycles. The summed E-state index contributed by atoms with van der Waals surface area (Å²) in [6.07, 6.45) is 2.35. The van der Waals surface area contributed by atoms with E-state index in [-0.39, 0.29) is 5.91 Å². The third kappa shape index (κ3) is 3.95. The molecule has 0 bridgehead atoms. The van der Waals surface area contributed by atoms with Gasteiger partial charge in [-0.2, -0.15) is 5.10 Å². The lowest BCUT2D eigenvalue weighted by molar-refractivity contribution is 0.0954. The van der Waals surface area contributed by atoms with Crippen molar-refractivity contribution in [2.24, 2.45) is 5.10 Å². The molecule has 0 aromatic heterocycles. The summed E-state index contributed by atoms with van der Waals surface area (Å²) in [6, 6.07) is 16.9. The number of nitrogens with one attached hydrogen (secondary N) is 1. The molecule has 2 aromatic rings. The van der Waals surface area contributed by atoms with Crippen LogP contribution in [0.15, 0.2) is 59.7 Å². The van der Waals surface area contributed by atoms with Crippen LogP contribution in [0.2, 0.25) is 0 Å². The minimum Gasteiger partial charge on any atom is -0.497 e. The first kappa shape index (κ1) is 13.8. The van der Waals surface area contributed by atoms with Crippen LogP contribution in [0.3, 0.4) is 0 Å². The van der Waals surface area contributed by atoms with Crippen LogP contribution in [0.4, 0.5) is 0 Å². The first-order valence-electron chi connectivity index (χ1n) is 6.29. The van der Waals surface area contributed by atoms with Crippen LogP contribution in [-0.4, -0.2) is 19.2 Å². The van der Waals surface area contributed by atoms with Crippen LogP contribution in [0.25, 0.3) is 0 Å². The normalized spacial score (nSPS) is 10.4. The van der Waals surface area contributed by atoms with Gasteiger partial charge in [0.25, 0.3) is 5.91 Å². The molecule has 0 aliphatic rings. The lowest BCUT2D eigenvalue weighted by Gasteiger charge is -2.02. The van der Waals surface area contributed by atoms with Crippen molar-refractivity contribution in [3.05, 3.63) is 65.7 Å². The second-order valence-electron chi connectivity index (χ2n) is 4.17. The van der Waals surface area contributed by atoms with Gasteiger partial charge in [0, 0.05) is 18.2 Å². The third-order valence-corrected chi connectivity index (χ3v) is 2.76. The molecule has 0 saturated heterocycles. The van der Waals surface area contributed by atoms with Gasteiger partial charge in [-0.15, -0.1) is 0 Å². The van der Waals surface area contributed by atoms with Crippen molar-refractivity contribution in [1.29, 1.82) is 0 Å². The van der Waals surface area contributed by atoms with E-state index in [1.807, 2.05) is 30.3 Å². The molecule has 102 valence electrons. The summed E-state index contributed by atoms with van der Waals surface area (Å²) < 4.78 is 5.07. The Morgan fingerprint density at radius 2 is 2.00 bits per heavy atom. The summed E-state index contributed by atoms with van der Waals surface area (Å²) in [5.74, 6) is 0.388. The van der Waals surface area contributed by atoms with Gasteiger partial charge >= 0.3 is 0 Å². The van der Waals surface area contributed by atoms with Crippen LogP contribution in [0.5, 0.6) is 5.75 Å². The molecule has 0 radical (unpaired) electrons. The van der Waals surface area contributed by atoms with Crippen molar-refractivity contribution in [2.45, 2.75) is 6.42 Å².